The number of rotatable bonds is 4. The van der Waals surface area contributed by atoms with Crippen LogP contribution in [0.25, 0.3) is 0 Å². The van der Waals surface area contributed by atoms with E-state index in [9.17, 15) is 0 Å². The Morgan fingerprint density at radius 3 is 2.76 bits per heavy atom. The average Bonchev–Trinajstić information content (AvgIpc) is 2.35. The van der Waals surface area contributed by atoms with Crippen molar-refractivity contribution in [2.24, 2.45) is 5.92 Å². The van der Waals surface area contributed by atoms with E-state index in [1.54, 1.807) is 0 Å². The summed E-state index contributed by atoms with van der Waals surface area (Å²) in [5.74, 6) is 1.80. The van der Waals surface area contributed by atoms with Crippen molar-refractivity contribution in [3.05, 3.63) is 26.8 Å². The Hall–Kier alpha value is 0.0400. The van der Waals surface area contributed by atoms with Gasteiger partial charge in [-0.1, -0.05) is 43.7 Å². The van der Waals surface area contributed by atoms with E-state index in [-0.39, 0.29) is 0 Å². The van der Waals surface area contributed by atoms with Crippen LogP contribution in [0.4, 0.5) is 0 Å². The predicted octanol–water partition coefficient (Wildman–Crippen LogP) is 5.29. The summed E-state index contributed by atoms with van der Waals surface area (Å²) in [6.45, 7) is 0.820. The Balaban J connectivity index is 1.79. The first-order valence-corrected chi connectivity index (χ1v) is 7.79. The van der Waals surface area contributed by atoms with Gasteiger partial charge in [-0.2, -0.15) is 0 Å². The van der Waals surface area contributed by atoms with Crippen LogP contribution in [0.2, 0.25) is 5.02 Å². The van der Waals surface area contributed by atoms with Crippen LogP contribution >= 0.6 is 34.2 Å². The van der Waals surface area contributed by atoms with Gasteiger partial charge in [0.1, 0.15) is 5.75 Å². The molecule has 17 heavy (non-hydrogen) atoms. The maximum absolute atomic E-state index is 5.96. The van der Waals surface area contributed by atoms with Crippen LogP contribution in [0, 0.1) is 9.49 Å². The third-order valence-electron chi connectivity index (χ3n) is 3.40. The first kappa shape index (κ1) is 13.5. The van der Waals surface area contributed by atoms with Gasteiger partial charge in [-0.25, -0.2) is 0 Å². The molecule has 1 aromatic rings. The quantitative estimate of drug-likeness (QED) is 0.659. The molecule has 0 aliphatic heterocycles. The standard InChI is InChI=1S/C14H18ClIO/c15-12-6-7-13(16)14(10-12)17-9-8-11-4-2-1-3-5-11/h6-7,10-11H,1-5,8-9H2. The lowest BCUT2D eigenvalue weighted by Gasteiger charge is -2.21. The number of hydrogen-bond donors (Lipinski definition) is 0. The largest absolute Gasteiger partial charge is 0.492 e. The predicted molar refractivity (Wildman–Crippen MR) is 80.9 cm³/mol. The summed E-state index contributed by atoms with van der Waals surface area (Å²) in [7, 11) is 0. The molecular formula is C14H18ClIO. The molecule has 0 N–H and O–H groups in total. The topological polar surface area (TPSA) is 9.23 Å². The van der Waals surface area contributed by atoms with Crippen LogP contribution in [-0.4, -0.2) is 6.61 Å². The number of benzene rings is 1. The maximum atomic E-state index is 5.96. The van der Waals surface area contributed by atoms with Gasteiger partial charge in [-0.15, -0.1) is 0 Å². The van der Waals surface area contributed by atoms with E-state index in [0.717, 1.165) is 26.9 Å². The lowest BCUT2D eigenvalue weighted by molar-refractivity contribution is 0.245. The molecule has 1 aliphatic carbocycles. The summed E-state index contributed by atoms with van der Waals surface area (Å²) >= 11 is 8.25. The molecule has 1 saturated carbocycles. The zero-order chi connectivity index (χ0) is 12.1. The van der Waals surface area contributed by atoms with Crippen LogP contribution < -0.4 is 4.74 Å². The highest BCUT2D eigenvalue weighted by molar-refractivity contribution is 14.1. The summed E-state index contributed by atoms with van der Waals surface area (Å²) in [5.41, 5.74) is 0. The SMILES string of the molecule is Clc1ccc(I)c(OCCC2CCCCC2)c1. The first-order chi connectivity index (χ1) is 8.25. The van der Waals surface area contributed by atoms with E-state index in [2.05, 4.69) is 22.6 Å². The van der Waals surface area contributed by atoms with E-state index in [1.807, 2.05) is 18.2 Å². The van der Waals surface area contributed by atoms with Gasteiger partial charge >= 0.3 is 0 Å². The fraction of sp³-hybridized carbons (Fsp3) is 0.571. The third-order valence-corrected chi connectivity index (χ3v) is 4.53. The third kappa shape index (κ3) is 4.32. The molecule has 0 atom stereocenters. The van der Waals surface area contributed by atoms with Gasteiger partial charge in [0.2, 0.25) is 0 Å². The average molecular weight is 365 g/mol. The van der Waals surface area contributed by atoms with Crippen molar-refractivity contribution in [1.82, 2.24) is 0 Å². The molecular weight excluding hydrogens is 347 g/mol. The van der Waals surface area contributed by atoms with Gasteiger partial charge in [0.25, 0.3) is 0 Å². The molecule has 0 radical (unpaired) electrons. The van der Waals surface area contributed by atoms with E-state index in [0.29, 0.717) is 0 Å². The molecule has 1 nitrogen and oxygen atoms in total. The lowest BCUT2D eigenvalue weighted by Crippen LogP contribution is -2.11. The van der Waals surface area contributed by atoms with Crippen LogP contribution in [0.1, 0.15) is 38.5 Å². The smallest absolute Gasteiger partial charge is 0.134 e. The molecule has 1 fully saturated rings. The van der Waals surface area contributed by atoms with Gasteiger partial charge in [0.05, 0.1) is 10.2 Å². The fourth-order valence-electron chi connectivity index (χ4n) is 2.40. The van der Waals surface area contributed by atoms with Gasteiger partial charge in [0.15, 0.2) is 0 Å². The Kier molecular flexibility index (Phi) is 5.42. The molecule has 0 heterocycles. The minimum atomic E-state index is 0.748. The zero-order valence-electron chi connectivity index (χ0n) is 9.92. The summed E-state index contributed by atoms with van der Waals surface area (Å²) in [6, 6.07) is 5.81. The normalized spacial score (nSPS) is 17.1. The highest BCUT2D eigenvalue weighted by Crippen LogP contribution is 2.28. The molecule has 94 valence electrons. The minimum absolute atomic E-state index is 0.748. The molecule has 0 aromatic heterocycles. The van der Waals surface area contributed by atoms with E-state index >= 15 is 0 Å². The van der Waals surface area contributed by atoms with E-state index < -0.39 is 0 Å². The molecule has 1 aliphatic rings. The Morgan fingerprint density at radius 1 is 1.24 bits per heavy atom. The van der Waals surface area contributed by atoms with Crippen LogP contribution in [0.3, 0.4) is 0 Å². The molecule has 0 amide bonds. The van der Waals surface area contributed by atoms with Gasteiger partial charge in [-0.3, -0.25) is 0 Å². The van der Waals surface area contributed by atoms with E-state index in [1.165, 1.54) is 38.5 Å². The van der Waals surface area contributed by atoms with Crippen molar-refractivity contribution in [3.63, 3.8) is 0 Å². The second-order valence-corrected chi connectivity index (χ2v) is 6.31. The molecule has 0 bridgehead atoms. The highest BCUT2D eigenvalue weighted by atomic mass is 127. The van der Waals surface area contributed by atoms with Crippen molar-refractivity contribution in [3.8, 4) is 5.75 Å². The van der Waals surface area contributed by atoms with Crippen molar-refractivity contribution in [2.45, 2.75) is 38.5 Å². The van der Waals surface area contributed by atoms with Crippen molar-refractivity contribution in [1.29, 1.82) is 0 Å². The highest BCUT2D eigenvalue weighted by Gasteiger charge is 2.13. The first-order valence-electron chi connectivity index (χ1n) is 6.33. The summed E-state index contributed by atoms with van der Waals surface area (Å²) in [6.07, 6.45) is 8.18. The molecule has 0 saturated heterocycles. The molecule has 2 rings (SSSR count). The lowest BCUT2D eigenvalue weighted by atomic mass is 9.87. The van der Waals surface area contributed by atoms with Gasteiger partial charge in [0, 0.05) is 5.02 Å². The second-order valence-electron chi connectivity index (χ2n) is 4.72. The monoisotopic (exact) mass is 364 g/mol. The fourth-order valence-corrected chi connectivity index (χ4v) is 3.05. The van der Waals surface area contributed by atoms with Gasteiger partial charge < -0.3 is 4.74 Å². The van der Waals surface area contributed by atoms with E-state index in [4.69, 9.17) is 16.3 Å². The maximum Gasteiger partial charge on any atom is 0.134 e. The molecule has 3 heteroatoms. The number of halogens is 2. The Bertz CT molecular complexity index is 361. The van der Waals surface area contributed by atoms with Crippen LogP contribution in [0.15, 0.2) is 18.2 Å². The second kappa shape index (κ2) is 6.83. The van der Waals surface area contributed by atoms with Crippen LogP contribution in [-0.2, 0) is 0 Å². The molecule has 0 spiro atoms. The summed E-state index contributed by atoms with van der Waals surface area (Å²) in [4.78, 5) is 0. The van der Waals surface area contributed by atoms with Crippen LogP contribution in [0.5, 0.6) is 5.75 Å². The van der Waals surface area contributed by atoms with Crippen molar-refractivity contribution < 1.29 is 4.74 Å². The minimum Gasteiger partial charge on any atom is -0.492 e. The Labute approximate surface area is 122 Å². The van der Waals surface area contributed by atoms with Gasteiger partial charge in [-0.05, 0) is 53.1 Å². The number of hydrogen-bond acceptors (Lipinski definition) is 1. The zero-order valence-corrected chi connectivity index (χ0v) is 12.8. The molecule has 0 unspecified atom stereocenters. The number of ether oxygens (including phenoxy) is 1. The summed E-state index contributed by atoms with van der Waals surface area (Å²) < 4.78 is 6.96. The summed E-state index contributed by atoms with van der Waals surface area (Å²) in [5, 5.41) is 0.748. The van der Waals surface area contributed by atoms with Crippen molar-refractivity contribution in [2.75, 3.05) is 6.61 Å². The Morgan fingerprint density at radius 2 is 2.00 bits per heavy atom. The molecule has 1 aromatic carbocycles. The van der Waals surface area contributed by atoms with Crippen molar-refractivity contribution >= 4 is 34.2 Å².